The van der Waals surface area contributed by atoms with E-state index in [2.05, 4.69) is 36.1 Å². The molecule has 0 unspecified atom stereocenters. The number of H-pyrrole nitrogens is 1. The van der Waals surface area contributed by atoms with Crippen molar-refractivity contribution in [3.63, 3.8) is 0 Å². The van der Waals surface area contributed by atoms with Gasteiger partial charge in [0.1, 0.15) is 4.64 Å². The summed E-state index contributed by atoms with van der Waals surface area (Å²) in [5, 5.41) is 11.4. The van der Waals surface area contributed by atoms with Crippen molar-refractivity contribution in [2.45, 2.75) is 26.2 Å². The standard InChI is InChI=1S/C11H13ClN4S/c1-11(2,3)7-6-10(17)16(15-7)9-5-4-8(12)13-14-9/h4-6,15H,1-3H3. The molecular weight excluding hydrogens is 256 g/mol. The van der Waals surface area contributed by atoms with E-state index in [-0.39, 0.29) is 5.41 Å². The molecule has 0 bridgehead atoms. The van der Waals surface area contributed by atoms with Crippen molar-refractivity contribution in [3.8, 4) is 5.82 Å². The number of nitrogens with zero attached hydrogens (tertiary/aromatic N) is 3. The van der Waals surface area contributed by atoms with E-state index in [0.29, 0.717) is 15.6 Å². The Labute approximate surface area is 110 Å². The maximum Gasteiger partial charge on any atom is 0.175 e. The number of nitrogens with one attached hydrogen (secondary N) is 1. The fraction of sp³-hybridized carbons (Fsp3) is 0.364. The van der Waals surface area contributed by atoms with Crippen LogP contribution in [0, 0.1) is 4.64 Å². The lowest BCUT2D eigenvalue weighted by atomic mass is 9.93. The van der Waals surface area contributed by atoms with E-state index in [0.717, 1.165) is 5.69 Å². The summed E-state index contributed by atoms with van der Waals surface area (Å²) in [5.74, 6) is 0.634. The Morgan fingerprint density at radius 1 is 1.29 bits per heavy atom. The van der Waals surface area contributed by atoms with Gasteiger partial charge in [-0.3, -0.25) is 5.10 Å². The van der Waals surface area contributed by atoms with Gasteiger partial charge in [-0.05, 0) is 18.2 Å². The molecular formula is C11H13ClN4S. The number of halogens is 1. The Balaban J connectivity index is 2.50. The smallest absolute Gasteiger partial charge is 0.175 e. The first-order valence-electron chi connectivity index (χ1n) is 5.20. The number of hydrogen-bond donors (Lipinski definition) is 1. The molecule has 2 aromatic heterocycles. The molecule has 1 N–H and O–H groups in total. The van der Waals surface area contributed by atoms with Gasteiger partial charge in [0.25, 0.3) is 0 Å². The van der Waals surface area contributed by atoms with Gasteiger partial charge in [-0.15, -0.1) is 10.2 Å². The molecule has 2 rings (SSSR count). The minimum absolute atomic E-state index is 0.0126. The van der Waals surface area contributed by atoms with Gasteiger partial charge in [-0.2, -0.15) is 0 Å². The summed E-state index contributed by atoms with van der Waals surface area (Å²) in [6, 6.07) is 5.39. The zero-order valence-electron chi connectivity index (χ0n) is 9.86. The SMILES string of the molecule is CC(C)(C)c1cc(=S)n(-c2ccc(Cl)nn2)[nH]1. The normalized spacial score (nSPS) is 11.8. The van der Waals surface area contributed by atoms with Gasteiger partial charge in [-0.1, -0.05) is 44.6 Å². The topological polar surface area (TPSA) is 46.5 Å². The summed E-state index contributed by atoms with van der Waals surface area (Å²) in [6.45, 7) is 6.35. The third-order valence-electron chi connectivity index (χ3n) is 2.38. The molecule has 0 aromatic carbocycles. The second-order valence-corrected chi connectivity index (χ2v) is 5.61. The third-order valence-corrected chi connectivity index (χ3v) is 2.88. The molecule has 0 aliphatic rings. The van der Waals surface area contributed by atoms with Crippen LogP contribution >= 0.6 is 23.8 Å². The lowest BCUT2D eigenvalue weighted by Gasteiger charge is -2.15. The van der Waals surface area contributed by atoms with Gasteiger partial charge >= 0.3 is 0 Å². The minimum atomic E-state index is 0.0126. The second kappa shape index (κ2) is 4.23. The zero-order valence-corrected chi connectivity index (χ0v) is 11.4. The van der Waals surface area contributed by atoms with Crippen molar-refractivity contribution in [2.75, 3.05) is 0 Å². The molecule has 6 heteroatoms. The highest BCUT2D eigenvalue weighted by atomic mass is 35.5. The van der Waals surface area contributed by atoms with Gasteiger partial charge in [0.15, 0.2) is 11.0 Å². The molecule has 0 saturated heterocycles. The summed E-state index contributed by atoms with van der Waals surface area (Å²) in [7, 11) is 0. The summed E-state index contributed by atoms with van der Waals surface area (Å²) < 4.78 is 2.39. The number of rotatable bonds is 1. The maximum absolute atomic E-state index is 5.70. The second-order valence-electron chi connectivity index (χ2n) is 4.81. The molecule has 90 valence electrons. The average Bonchev–Trinajstić information content (AvgIpc) is 2.61. The Morgan fingerprint density at radius 3 is 2.47 bits per heavy atom. The monoisotopic (exact) mass is 268 g/mol. The zero-order chi connectivity index (χ0) is 12.6. The Morgan fingerprint density at radius 2 is 2.00 bits per heavy atom. The van der Waals surface area contributed by atoms with Crippen LogP contribution in [0.3, 0.4) is 0 Å². The van der Waals surface area contributed by atoms with Gasteiger partial charge in [0.05, 0.1) is 0 Å². The summed E-state index contributed by atoms with van der Waals surface area (Å²) in [4.78, 5) is 0. The highest BCUT2D eigenvalue weighted by molar-refractivity contribution is 7.71. The van der Waals surface area contributed by atoms with E-state index in [1.807, 2.05) is 6.07 Å². The highest BCUT2D eigenvalue weighted by Crippen LogP contribution is 2.21. The molecule has 0 spiro atoms. The molecule has 17 heavy (non-hydrogen) atoms. The molecule has 0 amide bonds. The van der Waals surface area contributed by atoms with Crippen LogP contribution < -0.4 is 0 Å². The summed E-state index contributed by atoms with van der Waals surface area (Å²) in [6.07, 6.45) is 0. The van der Waals surface area contributed by atoms with Crippen LogP contribution in [0.2, 0.25) is 5.15 Å². The molecule has 0 radical (unpaired) electrons. The van der Waals surface area contributed by atoms with Crippen molar-refractivity contribution in [1.82, 2.24) is 20.0 Å². The maximum atomic E-state index is 5.70. The van der Waals surface area contributed by atoms with Crippen LogP contribution in [-0.2, 0) is 5.41 Å². The quantitative estimate of drug-likeness (QED) is 0.808. The predicted octanol–water partition coefficient (Wildman–Crippen LogP) is 3.28. The molecule has 0 fully saturated rings. The predicted molar refractivity (Wildman–Crippen MR) is 70.3 cm³/mol. The number of aromatic nitrogens is 4. The van der Waals surface area contributed by atoms with Crippen molar-refractivity contribution in [3.05, 3.63) is 33.7 Å². The van der Waals surface area contributed by atoms with Gasteiger partial charge in [0, 0.05) is 11.1 Å². The summed E-state index contributed by atoms with van der Waals surface area (Å²) in [5.41, 5.74) is 1.07. The van der Waals surface area contributed by atoms with Crippen molar-refractivity contribution in [1.29, 1.82) is 0 Å². The fourth-order valence-corrected chi connectivity index (χ4v) is 1.74. The Hall–Kier alpha value is -1.20. The largest absolute Gasteiger partial charge is 0.295 e. The van der Waals surface area contributed by atoms with Gasteiger partial charge in [-0.25, -0.2) is 4.68 Å². The van der Waals surface area contributed by atoms with E-state index < -0.39 is 0 Å². The summed E-state index contributed by atoms with van der Waals surface area (Å²) >= 11 is 11.0. The van der Waals surface area contributed by atoms with Crippen LogP contribution in [0.5, 0.6) is 0 Å². The van der Waals surface area contributed by atoms with Crippen LogP contribution in [0.25, 0.3) is 5.82 Å². The molecule has 0 aliphatic heterocycles. The fourth-order valence-electron chi connectivity index (χ4n) is 1.38. The van der Waals surface area contributed by atoms with Gasteiger partial charge < -0.3 is 0 Å². The molecule has 0 aliphatic carbocycles. The highest BCUT2D eigenvalue weighted by Gasteiger charge is 2.17. The number of aromatic amines is 1. The van der Waals surface area contributed by atoms with Gasteiger partial charge in [0.2, 0.25) is 0 Å². The number of hydrogen-bond acceptors (Lipinski definition) is 3. The van der Waals surface area contributed by atoms with E-state index in [1.165, 1.54) is 0 Å². The molecule has 0 atom stereocenters. The Bertz CT molecular complexity index is 577. The van der Waals surface area contributed by atoms with E-state index in [1.54, 1.807) is 16.8 Å². The van der Waals surface area contributed by atoms with Crippen LogP contribution in [0.15, 0.2) is 18.2 Å². The first-order chi connectivity index (χ1) is 7.88. The van der Waals surface area contributed by atoms with Crippen molar-refractivity contribution >= 4 is 23.8 Å². The van der Waals surface area contributed by atoms with Crippen LogP contribution in [-0.4, -0.2) is 20.0 Å². The van der Waals surface area contributed by atoms with E-state index >= 15 is 0 Å². The third kappa shape index (κ3) is 2.56. The molecule has 0 saturated carbocycles. The first kappa shape index (κ1) is 12.3. The van der Waals surface area contributed by atoms with Crippen molar-refractivity contribution in [2.24, 2.45) is 0 Å². The molecule has 2 heterocycles. The molecule has 4 nitrogen and oxygen atoms in total. The minimum Gasteiger partial charge on any atom is -0.295 e. The van der Waals surface area contributed by atoms with Crippen molar-refractivity contribution < 1.29 is 0 Å². The lowest BCUT2D eigenvalue weighted by Crippen LogP contribution is -2.13. The first-order valence-corrected chi connectivity index (χ1v) is 5.99. The van der Waals surface area contributed by atoms with E-state index in [4.69, 9.17) is 23.8 Å². The average molecular weight is 269 g/mol. The van der Waals surface area contributed by atoms with Crippen LogP contribution in [0.4, 0.5) is 0 Å². The van der Waals surface area contributed by atoms with Crippen LogP contribution in [0.1, 0.15) is 26.5 Å². The van der Waals surface area contributed by atoms with E-state index in [9.17, 15) is 0 Å². The molecule has 2 aromatic rings. The lowest BCUT2D eigenvalue weighted by molar-refractivity contribution is 0.559. The Kier molecular flexibility index (Phi) is 3.05.